The lowest BCUT2D eigenvalue weighted by Crippen LogP contribution is -2.51. The maximum atomic E-state index is 12.3. The molecule has 3 rings (SSSR count). The predicted octanol–water partition coefficient (Wildman–Crippen LogP) is 1.90. The van der Waals surface area contributed by atoms with Crippen LogP contribution in [0.4, 0.5) is 0 Å². The van der Waals surface area contributed by atoms with Crippen LogP contribution in [0.25, 0.3) is 0 Å². The molecule has 8 heteroatoms. The molecule has 0 N–H and O–H groups in total. The minimum atomic E-state index is -0.604. The van der Waals surface area contributed by atoms with Crippen LogP contribution >= 0.6 is 11.3 Å². The van der Waals surface area contributed by atoms with Crippen molar-refractivity contribution >= 4 is 29.1 Å². The molecule has 1 aromatic heterocycles. The summed E-state index contributed by atoms with van der Waals surface area (Å²) in [7, 11) is 1.47. The van der Waals surface area contributed by atoms with Crippen LogP contribution in [0, 0.1) is 0 Å². The number of rotatable bonds is 5. The van der Waals surface area contributed by atoms with Crippen molar-refractivity contribution in [2.45, 2.75) is 0 Å². The van der Waals surface area contributed by atoms with E-state index in [9.17, 15) is 14.4 Å². The number of esters is 1. The number of piperazine rings is 1. The topological polar surface area (TPSA) is 76.2 Å². The van der Waals surface area contributed by atoms with Gasteiger partial charge in [-0.1, -0.05) is 18.2 Å². The predicted molar refractivity (Wildman–Crippen MR) is 100 cm³/mol. The molecule has 2 heterocycles. The van der Waals surface area contributed by atoms with Gasteiger partial charge in [-0.3, -0.25) is 9.59 Å². The molecule has 0 atom stereocenters. The van der Waals surface area contributed by atoms with E-state index in [0.29, 0.717) is 36.8 Å². The molecule has 142 valence electrons. The van der Waals surface area contributed by atoms with E-state index < -0.39 is 5.97 Å². The summed E-state index contributed by atoms with van der Waals surface area (Å²) >= 11 is 1.40. The molecule has 0 bridgehead atoms. The van der Waals surface area contributed by atoms with Crippen LogP contribution in [0.15, 0.2) is 41.8 Å². The Morgan fingerprint density at radius 1 is 1.00 bits per heavy atom. The van der Waals surface area contributed by atoms with E-state index in [1.807, 2.05) is 11.4 Å². The van der Waals surface area contributed by atoms with E-state index in [4.69, 9.17) is 9.47 Å². The van der Waals surface area contributed by atoms with Gasteiger partial charge in [0, 0.05) is 26.2 Å². The van der Waals surface area contributed by atoms with E-state index in [1.54, 1.807) is 40.1 Å². The first kappa shape index (κ1) is 18.9. The SMILES string of the molecule is COc1ccccc1C(=O)OCC(=O)N1CCN(C(=O)c2cccs2)CC1. The van der Waals surface area contributed by atoms with Gasteiger partial charge in [0.2, 0.25) is 0 Å². The highest BCUT2D eigenvalue weighted by Gasteiger charge is 2.26. The fourth-order valence-corrected chi connectivity index (χ4v) is 3.52. The number of nitrogens with zero attached hydrogens (tertiary/aromatic N) is 2. The number of thiophene rings is 1. The van der Waals surface area contributed by atoms with Gasteiger partial charge < -0.3 is 19.3 Å². The van der Waals surface area contributed by atoms with E-state index in [0.717, 1.165) is 0 Å². The normalized spacial score (nSPS) is 14.0. The summed E-state index contributed by atoms with van der Waals surface area (Å²) in [5.41, 5.74) is 0.277. The van der Waals surface area contributed by atoms with Gasteiger partial charge in [0.1, 0.15) is 11.3 Å². The van der Waals surface area contributed by atoms with Gasteiger partial charge in [-0.15, -0.1) is 11.3 Å². The van der Waals surface area contributed by atoms with Crippen LogP contribution in [0.1, 0.15) is 20.0 Å². The summed E-state index contributed by atoms with van der Waals surface area (Å²) in [5, 5.41) is 1.86. The number of carbonyl (C=O) groups is 3. The number of benzene rings is 1. The molecule has 0 aliphatic carbocycles. The van der Waals surface area contributed by atoms with Gasteiger partial charge >= 0.3 is 5.97 Å². The number of methoxy groups -OCH3 is 1. The first-order valence-corrected chi connectivity index (χ1v) is 9.39. The van der Waals surface area contributed by atoms with Crippen molar-refractivity contribution in [1.29, 1.82) is 0 Å². The molecule has 2 amide bonds. The lowest BCUT2D eigenvalue weighted by Gasteiger charge is -2.34. The smallest absolute Gasteiger partial charge is 0.342 e. The van der Waals surface area contributed by atoms with Gasteiger partial charge in [-0.2, -0.15) is 0 Å². The molecule has 1 aliphatic heterocycles. The third kappa shape index (κ3) is 4.46. The summed E-state index contributed by atoms with van der Waals surface area (Å²) in [6.45, 7) is 1.42. The number of hydrogen-bond donors (Lipinski definition) is 0. The fourth-order valence-electron chi connectivity index (χ4n) is 2.82. The van der Waals surface area contributed by atoms with Crippen LogP contribution in [-0.2, 0) is 9.53 Å². The van der Waals surface area contributed by atoms with Crippen molar-refractivity contribution in [3.63, 3.8) is 0 Å². The van der Waals surface area contributed by atoms with Crippen molar-refractivity contribution in [2.24, 2.45) is 0 Å². The number of para-hydroxylation sites is 1. The van der Waals surface area contributed by atoms with E-state index >= 15 is 0 Å². The Morgan fingerprint density at radius 3 is 2.37 bits per heavy atom. The minimum Gasteiger partial charge on any atom is -0.496 e. The Bertz CT molecular complexity index is 813. The zero-order chi connectivity index (χ0) is 19.2. The third-order valence-corrected chi connectivity index (χ3v) is 5.16. The fraction of sp³-hybridized carbons (Fsp3) is 0.316. The highest BCUT2D eigenvalue weighted by Crippen LogP contribution is 2.18. The number of hydrogen-bond acceptors (Lipinski definition) is 6. The molecule has 2 aromatic rings. The molecule has 0 saturated carbocycles. The standard InChI is InChI=1S/C19H20N2O5S/c1-25-15-6-3-2-5-14(15)19(24)26-13-17(22)20-8-10-21(11-9-20)18(23)16-7-4-12-27-16/h2-7,12H,8-11,13H2,1H3. The van der Waals surface area contributed by atoms with Crippen LogP contribution in [0.2, 0.25) is 0 Å². The maximum Gasteiger partial charge on any atom is 0.342 e. The Labute approximate surface area is 161 Å². The van der Waals surface area contributed by atoms with E-state index in [2.05, 4.69) is 0 Å². The van der Waals surface area contributed by atoms with Crippen molar-refractivity contribution in [1.82, 2.24) is 9.80 Å². The van der Waals surface area contributed by atoms with Gasteiger partial charge in [-0.25, -0.2) is 4.79 Å². The highest BCUT2D eigenvalue weighted by atomic mass is 32.1. The number of amides is 2. The average molecular weight is 388 g/mol. The Hall–Kier alpha value is -2.87. The lowest BCUT2D eigenvalue weighted by molar-refractivity contribution is -0.136. The highest BCUT2D eigenvalue weighted by molar-refractivity contribution is 7.12. The monoisotopic (exact) mass is 388 g/mol. The molecule has 7 nitrogen and oxygen atoms in total. The van der Waals surface area contributed by atoms with Gasteiger partial charge in [0.05, 0.1) is 12.0 Å². The van der Waals surface area contributed by atoms with Gasteiger partial charge in [0.15, 0.2) is 6.61 Å². The van der Waals surface area contributed by atoms with Crippen molar-refractivity contribution in [2.75, 3.05) is 39.9 Å². The molecule has 1 saturated heterocycles. The van der Waals surface area contributed by atoms with Gasteiger partial charge in [0.25, 0.3) is 11.8 Å². The summed E-state index contributed by atoms with van der Waals surface area (Å²) in [4.78, 5) is 40.8. The summed E-state index contributed by atoms with van der Waals surface area (Å²) in [5.74, 6) is -0.496. The lowest BCUT2D eigenvalue weighted by atomic mass is 10.2. The Kier molecular flexibility index (Phi) is 6.08. The number of ether oxygens (including phenoxy) is 2. The van der Waals surface area contributed by atoms with Gasteiger partial charge in [-0.05, 0) is 23.6 Å². The zero-order valence-electron chi connectivity index (χ0n) is 14.9. The molecule has 1 fully saturated rings. The quantitative estimate of drug-likeness (QED) is 0.732. The second-order valence-electron chi connectivity index (χ2n) is 5.93. The molecule has 0 radical (unpaired) electrons. The van der Waals surface area contributed by atoms with E-state index in [-0.39, 0.29) is 24.0 Å². The summed E-state index contributed by atoms with van der Waals surface area (Å²) in [6.07, 6.45) is 0. The largest absolute Gasteiger partial charge is 0.496 e. The van der Waals surface area contributed by atoms with Crippen molar-refractivity contribution in [3.05, 3.63) is 52.2 Å². The first-order valence-electron chi connectivity index (χ1n) is 8.51. The summed E-state index contributed by atoms with van der Waals surface area (Å²) in [6, 6.07) is 10.3. The molecule has 1 aliphatic rings. The first-order chi connectivity index (χ1) is 13.1. The molecule has 1 aromatic carbocycles. The van der Waals surface area contributed by atoms with Crippen LogP contribution < -0.4 is 4.74 Å². The molecule has 0 spiro atoms. The van der Waals surface area contributed by atoms with Crippen LogP contribution in [-0.4, -0.2) is 67.5 Å². The molecule has 27 heavy (non-hydrogen) atoms. The van der Waals surface area contributed by atoms with Crippen LogP contribution in [0.5, 0.6) is 5.75 Å². The van der Waals surface area contributed by atoms with Crippen LogP contribution in [0.3, 0.4) is 0 Å². The average Bonchev–Trinajstić information content (AvgIpc) is 3.26. The summed E-state index contributed by atoms with van der Waals surface area (Å²) < 4.78 is 10.3. The minimum absolute atomic E-state index is 0.0142. The molecular weight excluding hydrogens is 368 g/mol. The molecule has 0 unspecified atom stereocenters. The van der Waals surface area contributed by atoms with Crippen molar-refractivity contribution in [3.8, 4) is 5.75 Å². The Balaban J connectivity index is 1.48. The zero-order valence-corrected chi connectivity index (χ0v) is 15.7. The second kappa shape index (κ2) is 8.68. The second-order valence-corrected chi connectivity index (χ2v) is 6.87. The Morgan fingerprint density at radius 2 is 1.70 bits per heavy atom. The number of carbonyl (C=O) groups excluding carboxylic acids is 3. The third-order valence-electron chi connectivity index (χ3n) is 4.31. The molecular formula is C19H20N2O5S. The van der Waals surface area contributed by atoms with Crippen molar-refractivity contribution < 1.29 is 23.9 Å². The van der Waals surface area contributed by atoms with E-state index in [1.165, 1.54) is 18.4 Å². The maximum absolute atomic E-state index is 12.3.